The maximum absolute atomic E-state index is 11.0. The Morgan fingerprint density at radius 3 is 2.47 bits per heavy atom. The third-order valence-electron chi connectivity index (χ3n) is 1.52. The molecule has 0 saturated carbocycles. The van der Waals surface area contributed by atoms with Crippen molar-refractivity contribution in [1.82, 2.24) is 0 Å². The van der Waals surface area contributed by atoms with E-state index in [-0.39, 0.29) is 0 Å². The van der Waals surface area contributed by atoms with Crippen molar-refractivity contribution in [3.05, 3.63) is 24.3 Å². The highest BCUT2D eigenvalue weighted by Crippen LogP contribution is 2.19. The van der Waals surface area contributed by atoms with Gasteiger partial charge in [0.15, 0.2) is 5.56 Å². The van der Waals surface area contributed by atoms with E-state index in [1.54, 1.807) is 30.8 Å². The van der Waals surface area contributed by atoms with Gasteiger partial charge in [0.25, 0.3) is 0 Å². The lowest BCUT2D eigenvalue weighted by atomic mass is 10.3. The van der Waals surface area contributed by atoms with Crippen LogP contribution in [0.15, 0.2) is 29.2 Å². The molecule has 1 aromatic carbocycles. The molecular weight excluding hydrogens is 236 g/mol. The normalized spacial score (nSPS) is 11.9. The van der Waals surface area contributed by atoms with Crippen molar-refractivity contribution in [2.75, 3.05) is 6.26 Å². The SMILES string of the molecule is CSc1ccc(OC(=O)O[C@H](C)Cl)cc1. The van der Waals surface area contributed by atoms with Gasteiger partial charge in [-0.25, -0.2) is 4.79 Å². The number of carbonyl (C=O) groups excluding carboxylic acids is 1. The average Bonchev–Trinajstić information content (AvgIpc) is 2.17. The molecule has 0 aromatic heterocycles. The molecule has 0 fully saturated rings. The first-order valence-electron chi connectivity index (χ1n) is 4.28. The zero-order valence-electron chi connectivity index (χ0n) is 8.40. The highest BCUT2D eigenvalue weighted by Gasteiger charge is 2.08. The van der Waals surface area contributed by atoms with Crippen molar-refractivity contribution >= 4 is 29.5 Å². The van der Waals surface area contributed by atoms with Gasteiger partial charge >= 0.3 is 6.16 Å². The molecule has 5 heteroatoms. The molecule has 0 bridgehead atoms. The summed E-state index contributed by atoms with van der Waals surface area (Å²) in [6.07, 6.45) is 1.17. The van der Waals surface area contributed by atoms with Gasteiger partial charge in [-0.3, -0.25) is 0 Å². The van der Waals surface area contributed by atoms with Crippen LogP contribution in [-0.4, -0.2) is 18.0 Å². The van der Waals surface area contributed by atoms with Crippen molar-refractivity contribution in [1.29, 1.82) is 0 Å². The molecule has 0 aliphatic rings. The van der Waals surface area contributed by atoms with Crippen LogP contribution in [0.3, 0.4) is 0 Å². The van der Waals surface area contributed by atoms with Crippen LogP contribution in [0.2, 0.25) is 0 Å². The third kappa shape index (κ3) is 4.44. The standard InChI is InChI=1S/C10H11ClO3S/c1-7(11)13-10(12)14-8-3-5-9(15-2)6-4-8/h3-7H,1-2H3/t7-/m1/s1. The molecule has 15 heavy (non-hydrogen) atoms. The van der Waals surface area contributed by atoms with Gasteiger partial charge < -0.3 is 9.47 Å². The topological polar surface area (TPSA) is 35.5 Å². The second-order valence-corrected chi connectivity index (χ2v) is 4.18. The number of carbonyl (C=O) groups is 1. The molecule has 1 atom stereocenters. The molecule has 1 rings (SSSR count). The Morgan fingerprint density at radius 2 is 2.00 bits per heavy atom. The number of alkyl halides is 1. The minimum Gasteiger partial charge on any atom is -0.415 e. The van der Waals surface area contributed by atoms with E-state index in [0.717, 1.165) is 4.90 Å². The van der Waals surface area contributed by atoms with Gasteiger partial charge in [0.1, 0.15) is 5.75 Å². The highest BCUT2D eigenvalue weighted by atomic mass is 35.5. The predicted molar refractivity (Wildman–Crippen MR) is 60.6 cm³/mol. The molecule has 0 spiro atoms. The Kier molecular flexibility index (Phi) is 4.78. The summed E-state index contributed by atoms with van der Waals surface area (Å²) in [5.74, 6) is 0.440. The largest absolute Gasteiger partial charge is 0.515 e. The Balaban J connectivity index is 2.53. The van der Waals surface area contributed by atoms with E-state index in [2.05, 4.69) is 4.74 Å². The van der Waals surface area contributed by atoms with Crippen LogP contribution in [0, 0.1) is 0 Å². The predicted octanol–water partition coefficient (Wildman–Crippen LogP) is 3.51. The molecule has 0 saturated heterocycles. The summed E-state index contributed by atoms with van der Waals surface area (Å²) >= 11 is 7.07. The van der Waals surface area contributed by atoms with Crippen molar-refractivity contribution in [2.24, 2.45) is 0 Å². The molecule has 0 aliphatic carbocycles. The van der Waals surface area contributed by atoms with Gasteiger partial charge in [-0.1, -0.05) is 11.6 Å². The maximum Gasteiger partial charge on any atom is 0.515 e. The van der Waals surface area contributed by atoms with Crippen LogP contribution < -0.4 is 4.74 Å². The Hall–Kier alpha value is -0.870. The summed E-state index contributed by atoms with van der Waals surface area (Å²) in [6.45, 7) is 1.54. The van der Waals surface area contributed by atoms with E-state index in [1.165, 1.54) is 0 Å². The van der Waals surface area contributed by atoms with Crippen molar-refractivity contribution < 1.29 is 14.3 Å². The fraction of sp³-hybridized carbons (Fsp3) is 0.300. The van der Waals surface area contributed by atoms with Crippen LogP contribution in [0.1, 0.15) is 6.92 Å². The summed E-state index contributed by atoms with van der Waals surface area (Å²) in [7, 11) is 0. The molecule has 0 N–H and O–H groups in total. The fourth-order valence-electron chi connectivity index (χ4n) is 0.897. The molecule has 0 aliphatic heterocycles. The van der Waals surface area contributed by atoms with Crippen molar-refractivity contribution in [3.63, 3.8) is 0 Å². The molecular formula is C10H11ClO3S. The number of benzene rings is 1. The Labute approximate surface area is 97.7 Å². The Morgan fingerprint density at radius 1 is 1.40 bits per heavy atom. The van der Waals surface area contributed by atoms with Gasteiger partial charge in [0.2, 0.25) is 0 Å². The second kappa shape index (κ2) is 5.88. The van der Waals surface area contributed by atoms with Crippen LogP contribution >= 0.6 is 23.4 Å². The zero-order chi connectivity index (χ0) is 11.3. The molecule has 0 heterocycles. The van der Waals surface area contributed by atoms with Gasteiger partial charge in [-0.2, -0.15) is 0 Å². The van der Waals surface area contributed by atoms with Crippen molar-refractivity contribution in [3.8, 4) is 5.75 Å². The quantitative estimate of drug-likeness (QED) is 0.354. The van der Waals surface area contributed by atoms with E-state index >= 15 is 0 Å². The van der Waals surface area contributed by atoms with Gasteiger partial charge in [0.05, 0.1) is 0 Å². The Bertz CT molecular complexity index is 324. The maximum atomic E-state index is 11.0. The van der Waals surface area contributed by atoms with Gasteiger partial charge in [-0.05, 0) is 37.4 Å². The molecule has 1 aromatic rings. The third-order valence-corrected chi connectivity index (χ3v) is 2.35. The van der Waals surface area contributed by atoms with Crippen LogP contribution in [0.4, 0.5) is 4.79 Å². The number of hydrogen-bond donors (Lipinski definition) is 0. The minimum absolute atomic E-state index is 0.440. The van der Waals surface area contributed by atoms with Crippen LogP contribution in [-0.2, 0) is 4.74 Å². The lowest BCUT2D eigenvalue weighted by Crippen LogP contribution is -2.14. The van der Waals surface area contributed by atoms with E-state index in [9.17, 15) is 4.79 Å². The van der Waals surface area contributed by atoms with E-state index in [0.29, 0.717) is 5.75 Å². The molecule has 3 nitrogen and oxygen atoms in total. The van der Waals surface area contributed by atoms with E-state index < -0.39 is 11.7 Å². The average molecular weight is 247 g/mol. The first-order chi connectivity index (χ1) is 7.11. The van der Waals surface area contributed by atoms with E-state index in [1.807, 2.05) is 18.4 Å². The highest BCUT2D eigenvalue weighted by molar-refractivity contribution is 7.98. The molecule has 0 amide bonds. The van der Waals surface area contributed by atoms with Gasteiger partial charge in [0, 0.05) is 4.90 Å². The summed E-state index contributed by atoms with van der Waals surface area (Å²) in [6, 6.07) is 7.12. The zero-order valence-corrected chi connectivity index (χ0v) is 9.97. The van der Waals surface area contributed by atoms with E-state index in [4.69, 9.17) is 16.3 Å². The number of hydrogen-bond acceptors (Lipinski definition) is 4. The summed E-state index contributed by atoms with van der Waals surface area (Å²) in [5, 5.41) is 0. The number of ether oxygens (including phenoxy) is 2. The van der Waals surface area contributed by atoms with Crippen LogP contribution in [0.25, 0.3) is 0 Å². The number of halogens is 1. The van der Waals surface area contributed by atoms with Crippen molar-refractivity contribution in [2.45, 2.75) is 17.4 Å². The number of thioether (sulfide) groups is 1. The smallest absolute Gasteiger partial charge is 0.415 e. The molecule has 0 radical (unpaired) electrons. The molecule has 0 unspecified atom stereocenters. The lowest BCUT2D eigenvalue weighted by Gasteiger charge is -2.06. The first kappa shape index (κ1) is 12.2. The van der Waals surface area contributed by atoms with Crippen LogP contribution in [0.5, 0.6) is 5.75 Å². The fourth-order valence-corrected chi connectivity index (χ4v) is 1.38. The van der Waals surface area contributed by atoms with Gasteiger partial charge in [-0.15, -0.1) is 11.8 Å². The first-order valence-corrected chi connectivity index (χ1v) is 5.94. The molecule has 82 valence electrons. The minimum atomic E-state index is -0.797. The summed E-state index contributed by atoms with van der Waals surface area (Å²) in [4.78, 5) is 12.1. The summed E-state index contributed by atoms with van der Waals surface area (Å²) < 4.78 is 9.48. The second-order valence-electron chi connectivity index (χ2n) is 2.69. The number of rotatable bonds is 3. The summed E-state index contributed by atoms with van der Waals surface area (Å²) in [5.41, 5.74) is -0.692. The lowest BCUT2D eigenvalue weighted by molar-refractivity contribution is 0.0923. The monoisotopic (exact) mass is 246 g/mol.